The average molecular weight is 276 g/mol. The van der Waals surface area contributed by atoms with Gasteiger partial charge in [0.15, 0.2) is 0 Å². The van der Waals surface area contributed by atoms with Crippen LogP contribution in [0.5, 0.6) is 0 Å². The quantitative estimate of drug-likeness (QED) is 0.769. The molecule has 3 aromatic rings. The molecule has 0 saturated carbocycles. The number of aryl methyl sites for hydroxylation is 1. The number of aromatic nitrogens is 1. The van der Waals surface area contributed by atoms with Gasteiger partial charge in [-0.05, 0) is 43.3 Å². The van der Waals surface area contributed by atoms with Crippen molar-refractivity contribution in [2.24, 2.45) is 0 Å². The highest BCUT2D eigenvalue weighted by atomic mass is 16.1. The zero-order chi connectivity index (χ0) is 14.7. The van der Waals surface area contributed by atoms with Gasteiger partial charge in [-0.25, -0.2) is 0 Å². The molecule has 3 heteroatoms. The molecule has 104 valence electrons. The third-order valence-electron chi connectivity index (χ3n) is 3.34. The molecule has 0 radical (unpaired) electrons. The van der Waals surface area contributed by atoms with Crippen LogP contribution in [0.25, 0.3) is 5.69 Å². The molecular formula is C18H16N2O. The van der Waals surface area contributed by atoms with Gasteiger partial charge in [0.05, 0.1) is 11.3 Å². The molecule has 1 amide bonds. The van der Waals surface area contributed by atoms with Crippen LogP contribution >= 0.6 is 0 Å². The molecule has 3 nitrogen and oxygen atoms in total. The fraction of sp³-hybridized carbons (Fsp3) is 0.0556. The minimum absolute atomic E-state index is 0.108. The first-order valence-corrected chi connectivity index (χ1v) is 6.84. The fourth-order valence-corrected chi connectivity index (χ4v) is 2.22. The van der Waals surface area contributed by atoms with Gasteiger partial charge in [0.1, 0.15) is 0 Å². The Morgan fingerprint density at radius 1 is 0.905 bits per heavy atom. The summed E-state index contributed by atoms with van der Waals surface area (Å²) >= 11 is 0. The van der Waals surface area contributed by atoms with Crippen LogP contribution in [0.2, 0.25) is 0 Å². The Hall–Kier alpha value is -2.81. The van der Waals surface area contributed by atoms with E-state index in [1.54, 1.807) is 0 Å². The lowest BCUT2D eigenvalue weighted by atomic mass is 10.1. The Labute approximate surface area is 123 Å². The zero-order valence-electron chi connectivity index (χ0n) is 11.8. The Balaban J connectivity index is 1.90. The van der Waals surface area contributed by atoms with Crippen LogP contribution in [0.15, 0.2) is 73.1 Å². The van der Waals surface area contributed by atoms with E-state index in [1.807, 2.05) is 84.5 Å². The monoisotopic (exact) mass is 276 g/mol. The lowest BCUT2D eigenvalue weighted by Gasteiger charge is -2.11. The maximum Gasteiger partial charge on any atom is 0.257 e. The summed E-state index contributed by atoms with van der Waals surface area (Å²) in [6, 6.07) is 19.2. The van der Waals surface area contributed by atoms with Crippen molar-refractivity contribution in [3.8, 4) is 5.69 Å². The van der Waals surface area contributed by atoms with Gasteiger partial charge in [0.25, 0.3) is 5.91 Å². The molecule has 1 heterocycles. The van der Waals surface area contributed by atoms with Crippen molar-refractivity contribution in [3.05, 3.63) is 84.2 Å². The summed E-state index contributed by atoms with van der Waals surface area (Å²) in [7, 11) is 0. The molecule has 1 aromatic heterocycles. The van der Waals surface area contributed by atoms with Gasteiger partial charge in [-0.3, -0.25) is 4.79 Å². The minimum Gasteiger partial charge on any atom is -0.323 e. The Morgan fingerprint density at radius 2 is 1.57 bits per heavy atom. The first-order valence-electron chi connectivity index (χ1n) is 6.84. The van der Waals surface area contributed by atoms with Crippen LogP contribution in [0, 0.1) is 6.92 Å². The SMILES string of the molecule is Cc1ccc(NC(=O)c2ccccc2-n2cccc2)cc1. The maximum atomic E-state index is 12.5. The molecule has 2 aromatic carbocycles. The zero-order valence-corrected chi connectivity index (χ0v) is 11.8. The minimum atomic E-state index is -0.108. The summed E-state index contributed by atoms with van der Waals surface area (Å²) in [5, 5.41) is 2.94. The lowest BCUT2D eigenvalue weighted by molar-refractivity contribution is 0.102. The van der Waals surface area contributed by atoms with Crippen molar-refractivity contribution in [2.75, 3.05) is 5.32 Å². The number of hydrogen-bond donors (Lipinski definition) is 1. The molecule has 0 atom stereocenters. The van der Waals surface area contributed by atoms with Crippen LogP contribution in [-0.2, 0) is 0 Å². The van der Waals surface area contributed by atoms with E-state index < -0.39 is 0 Å². The Morgan fingerprint density at radius 3 is 2.29 bits per heavy atom. The van der Waals surface area contributed by atoms with E-state index in [1.165, 1.54) is 5.56 Å². The predicted octanol–water partition coefficient (Wildman–Crippen LogP) is 4.04. The van der Waals surface area contributed by atoms with E-state index in [2.05, 4.69) is 5.32 Å². The molecule has 0 spiro atoms. The Bertz CT molecular complexity index is 743. The molecule has 0 aliphatic heterocycles. The van der Waals surface area contributed by atoms with Crippen molar-refractivity contribution >= 4 is 11.6 Å². The van der Waals surface area contributed by atoms with Crippen molar-refractivity contribution in [1.29, 1.82) is 0 Å². The van der Waals surface area contributed by atoms with Crippen molar-refractivity contribution in [2.45, 2.75) is 6.92 Å². The molecule has 0 aliphatic rings. The molecular weight excluding hydrogens is 260 g/mol. The number of amides is 1. The second kappa shape index (κ2) is 5.67. The van der Waals surface area contributed by atoms with E-state index in [0.29, 0.717) is 5.56 Å². The van der Waals surface area contributed by atoms with Crippen LogP contribution < -0.4 is 5.32 Å². The van der Waals surface area contributed by atoms with Gasteiger partial charge in [-0.2, -0.15) is 0 Å². The van der Waals surface area contributed by atoms with Crippen LogP contribution in [0.3, 0.4) is 0 Å². The standard InChI is InChI=1S/C18H16N2O/c1-14-8-10-15(11-9-14)19-18(21)16-6-2-3-7-17(16)20-12-4-5-13-20/h2-13H,1H3,(H,19,21). The van der Waals surface area contributed by atoms with Gasteiger partial charge in [0, 0.05) is 18.1 Å². The van der Waals surface area contributed by atoms with Gasteiger partial charge in [-0.1, -0.05) is 29.8 Å². The topological polar surface area (TPSA) is 34.0 Å². The maximum absolute atomic E-state index is 12.5. The number of carbonyl (C=O) groups is 1. The molecule has 0 aliphatic carbocycles. The van der Waals surface area contributed by atoms with Crippen molar-refractivity contribution in [3.63, 3.8) is 0 Å². The normalized spacial score (nSPS) is 10.3. The molecule has 1 N–H and O–H groups in total. The van der Waals surface area contributed by atoms with E-state index in [4.69, 9.17) is 0 Å². The molecule has 0 unspecified atom stereocenters. The van der Waals surface area contributed by atoms with Crippen LogP contribution in [-0.4, -0.2) is 10.5 Å². The highest BCUT2D eigenvalue weighted by Gasteiger charge is 2.11. The van der Waals surface area contributed by atoms with Crippen LogP contribution in [0.1, 0.15) is 15.9 Å². The number of anilines is 1. The molecule has 3 rings (SSSR count). The highest BCUT2D eigenvalue weighted by Crippen LogP contribution is 2.17. The van der Waals surface area contributed by atoms with Gasteiger partial charge >= 0.3 is 0 Å². The molecule has 0 fully saturated rings. The van der Waals surface area contributed by atoms with Gasteiger partial charge < -0.3 is 9.88 Å². The van der Waals surface area contributed by atoms with Gasteiger partial charge in [-0.15, -0.1) is 0 Å². The predicted molar refractivity (Wildman–Crippen MR) is 84.9 cm³/mol. The third-order valence-corrected chi connectivity index (χ3v) is 3.34. The summed E-state index contributed by atoms with van der Waals surface area (Å²) in [5.41, 5.74) is 3.48. The number of para-hydroxylation sites is 1. The summed E-state index contributed by atoms with van der Waals surface area (Å²) in [4.78, 5) is 12.5. The lowest BCUT2D eigenvalue weighted by Crippen LogP contribution is -2.14. The smallest absolute Gasteiger partial charge is 0.257 e. The first-order chi connectivity index (χ1) is 10.2. The number of rotatable bonds is 3. The molecule has 21 heavy (non-hydrogen) atoms. The van der Waals surface area contributed by atoms with E-state index in [9.17, 15) is 4.79 Å². The highest BCUT2D eigenvalue weighted by molar-refractivity contribution is 6.06. The molecule has 0 bridgehead atoms. The number of carbonyl (C=O) groups excluding carboxylic acids is 1. The van der Waals surface area contributed by atoms with Gasteiger partial charge in [0.2, 0.25) is 0 Å². The third kappa shape index (κ3) is 2.87. The number of hydrogen-bond acceptors (Lipinski definition) is 1. The summed E-state index contributed by atoms with van der Waals surface area (Å²) < 4.78 is 1.93. The number of nitrogens with one attached hydrogen (secondary N) is 1. The van der Waals surface area contributed by atoms with Crippen molar-refractivity contribution < 1.29 is 4.79 Å². The van der Waals surface area contributed by atoms with E-state index >= 15 is 0 Å². The van der Waals surface area contributed by atoms with E-state index in [-0.39, 0.29) is 5.91 Å². The average Bonchev–Trinajstić information content (AvgIpc) is 3.04. The second-order valence-electron chi connectivity index (χ2n) is 4.93. The summed E-state index contributed by atoms with van der Waals surface area (Å²) in [6.07, 6.45) is 3.86. The number of benzene rings is 2. The van der Waals surface area contributed by atoms with Crippen molar-refractivity contribution in [1.82, 2.24) is 4.57 Å². The number of nitrogens with zero attached hydrogens (tertiary/aromatic N) is 1. The fourth-order valence-electron chi connectivity index (χ4n) is 2.22. The molecule has 0 saturated heterocycles. The summed E-state index contributed by atoms with van der Waals surface area (Å²) in [5.74, 6) is -0.108. The second-order valence-corrected chi connectivity index (χ2v) is 4.93. The van der Waals surface area contributed by atoms with E-state index in [0.717, 1.165) is 11.4 Å². The summed E-state index contributed by atoms with van der Waals surface area (Å²) in [6.45, 7) is 2.02. The first kappa shape index (κ1) is 13.2. The Kier molecular flexibility index (Phi) is 3.56. The largest absolute Gasteiger partial charge is 0.323 e. The van der Waals surface area contributed by atoms with Crippen LogP contribution in [0.4, 0.5) is 5.69 Å².